The summed E-state index contributed by atoms with van der Waals surface area (Å²) in [5.74, 6) is 1.04. The Morgan fingerprint density at radius 1 is 0.963 bits per heavy atom. The Morgan fingerprint density at radius 2 is 1.70 bits per heavy atom. The van der Waals surface area contributed by atoms with Gasteiger partial charge in [-0.2, -0.15) is 0 Å². The van der Waals surface area contributed by atoms with Crippen LogP contribution >= 0.6 is 0 Å². The molecule has 0 fully saturated rings. The molecular weight excluding hydrogens is 332 g/mol. The van der Waals surface area contributed by atoms with Crippen LogP contribution in [0, 0.1) is 6.92 Å². The van der Waals surface area contributed by atoms with Crippen LogP contribution in [0.25, 0.3) is 28.1 Å². The summed E-state index contributed by atoms with van der Waals surface area (Å²) in [7, 11) is 0. The summed E-state index contributed by atoms with van der Waals surface area (Å²) in [5, 5.41) is 0. The Bertz CT molecular complexity index is 1040. The van der Waals surface area contributed by atoms with Gasteiger partial charge in [0.25, 0.3) is 0 Å². The van der Waals surface area contributed by atoms with Crippen LogP contribution in [0.3, 0.4) is 0 Å². The highest BCUT2D eigenvalue weighted by molar-refractivity contribution is 5.81. The number of imidazole rings is 2. The average molecular weight is 362 g/mol. The zero-order valence-electron chi connectivity index (χ0n) is 16.6. The number of hydrogen-bond donors (Lipinski definition) is 1. The Morgan fingerprint density at radius 3 is 2.44 bits per heavy atom. The zero-order chi connectivity index (χ0) is 18.8. The minimum absolute atomic E-state index is 0.993. The van der Waals surface area contributed by atoms with Gasteiger partial charge >= 0.3 is 0 Å². The Hall–Kier alpha value is -2.59. The van der Waals surface area contributed by atoms with Crippen molar-refractivity contribution in [2.45, 2.75) is 33.7 Å². The van der Waals surface area contributed by atoms with Crippen molar-refractivity contribution in [3.8, 4) is 11.3 Å². The summed E-state index contributed by atoms with van der Waals surface area (Å²) < 4.78 is 4.64. The summed E-state index contributed by atoms with van der Waals surface area (Å²) in [6.07, 6.45) is 3.41. The first kappa shape index (κ1) is 17.8. The van der Waals surface area contributed by atoms with E-state index < -0.39 is 0 Å². The van der Waals surface area contributed by atoms with Crippen molar-refractivity contribution in [1.82, 2.24) is 14.0 Å². The van der Waals surface area contributed by atoms with Gasteiger partial charge in [0.05, 0.1) is 36.4 Å². The molecule has 140 valence electrons. The minimum Gasteiger partial charge on any atom is -0.335 e. The zero-order valence-corrected chi connectivity index (χ0v) is 16.6. The third kappa shape index (κ3) is 3.37. The second-order valence-electron chi connectivity index (χ2n) is 7.36. The van der Waals surface area contributed by atoms with Crippen LogP contribution in [-0.2, 0) is 6.54 Å². The predicted molar refractivity (Wildman–Crippen MR) is 112 cm³/mol. The van der Waals surface area contributed by atoms with E-state index >= 15 is 0 Å². The molecule has 0 unspecified atom stereocenters. The van der Waals surface area contributed by atoms with Crippen molar-refractivity contribution in [2.75, 3.05) is 19.6 Å². The standard InChI is InChI=1S/C23H28N4/c1-4-25(5-2)15-8-16-26-22(19-13-11-18(3)12-14-19)17-27-21-10-7-6-9-20(21)24-23(26)27/h6-7,9-14,17H,4-5,8,15-16H2,1-3H3/p+1. The molecule has 4 nitrogen and oxygen atoms in total. The molecule has 4 heteroatoms. The minimum atomic E-state index is 0.993. The number of quaternary nitrogens is 1. The molecule has 2 heterocycles. The highest BCUT2D eigenvalue weighted by Gasteiger charge is 2.15. The maximum atomic E-state index is 4.94. The summed E-state index contributed by atoms with van der Waals surface area (Å²) >= 11 is 0. The van der Waals surface area contributed by atoms with Crippen LogP contribution in [0.4, 0.5) is 0 Å². The monoisotopic (exact) mass is 361 g/mol. The molecule has 2 aromatic heterocycles. The molecule has 4 aromatic rings. The van der Waals surface area contributed by atoms with Gasteiger partial charge < -0.3 is 9.47 Å². The molecule has 0 aliphatic carbocycles. The second kappa shape index (κ2) is 7.57. The van der Waals surface area contributed by atoms with Gasteiger partial charge in [0, 0.05) is 19.2 Å². The molecule has 0 radical (unpaired) electrons. The van der Waals surface area contributed by atoms with Crippen LogP contribution in [0.5, 0.6) is 0 Å². The second-order valence-corrected chi connectivity index (χ2v) is 7.36. The van der Waals surface area contributed by atoms with Crippen LogP contribution in [0.15, 0.2) is 54.7 Å². The van der Waals surface area contributed by atoms with Gasteiger partial charge in [-0.05, 0) is 38.5 Å². The molecule has 27 heavy (non-hydrogen) atoms. The molecule has 2 aromatic carbocycles. The lowest BCUT2D eigenvalue weighted by atomic mass is 10.1. The first-order chi connectivity index (χ1) is 13.2. The molecule has 0 atom stereocenters. The van der Waals surface area contributed by atoms with Gasteiger partial charge in [0.1, 0.15) is 0 Å². The topological polar surface area (TPSA) is 26.7 Å². The first-order valence-corrected chi connectivity index (χ1v) is 10.1. The fourth-order valence-corrected chi connectivity index (χ4v) is 3.92. The molecule has 1 N–H and O–H groups in total. The molecule has 0 aliphatic heterocycles. The van der Waals surface area contributed by atoms with E-state index in [0.717, 1.165) is 24.3 Å². The smallest absolute Gasteiger partial charge is 0.215 e. The van der Waals surface area contributed by atoms with Crippen molar-refractivity contribution in [1.29, 1.82) is 0 Å². The number of fused-ring (bicyclic) bond motifs is 3. The molecule has 4 rings (SSSR count). The van der Waals surface area contributed by atoms with E-state index in [1.165, 1.54) is 42.0 Å². The number of nitrogens with zero attached hydrogens (tertiary/aromatic N) is 3. The molecule has 0 spiro atoms. The highest BCUT2D eigenvalue weighted by Crippen LogP contribution is 2.27. The van der Waals surface area contributed by atoms with Crippen LogP contribution in [0.2, 0.25) is 0 Å². The Kier molecular flexibility index (Phi) is 4.99. The molecule has 0 saturated heterocycles. The number of rotatable bonds is 7. The summed E-state index contributed by atoms with van der Waals surface area (Å²) in [5.41, 5.74) is 6.03. The summed E-state index contributed by atoms with van der Waals surface area (Å²) in [4.78, 5) is 6.59. The predicted octanol–water partition coefficient (Wildman–Crippen LogP) is 3.58. The van der Waals surface area contributed by atoms with Crippen molar-refractivity contribution >= 4 is 16.8 Å². The van der Waals surface area contributed by atoms with E-state index in [1.54, 1.807) is 4.90 Å². The van der Waals surface area contributed by atoms with Crippen LogP contribution in [0.1, 0.15) is 25.8 Å². The normalized spacial score (nSPS) is 11.9. The van der Waals surface area contributed by atoms with Crippen LogP contribution < -0.4 is 4.90 Å². The van der Waals surface area contributed by atoms with E-state index in [1.807, 2.05) is 0 Å². The SMILES string of the molecule is CC[NH+](CC)CCCn1c(-c2ccc(C)cc2)cn2c3ccccc3nc12. The maximum absolute atomic E-state index is 4.94. The van der Waals surface area contributed by atoms with E-state index in [-0.39, 0.29) is 0 Å². The van der Waals surface area contributed by atoms with E-state index in [0.29, 0.717) is 0 Å². The van der Waals surface area contributed by atoms with E-state index in [2.05, 4.69) is 84.5 Å². The summed E-state index contributed by atoms with van der Waals surface area (Å²) in [6, 6.07) is 17.2. The number of hydrogen-bond acceptors (Lipinski definition) is 1. The number of benzene rings is 2. The van der Waals surface area contributed by atoms with Gasteiger partial charge in [-0.25, -0.2) is 4.98 Å². The quantitative estimate of drug-likeness (QED) is 0.535. The number of aromatic nitrogens is 3. The molecule has 0 amide bonds. The van der Waals surface area contributed by atoms with Crippen molar-refractivity contribution in [3.05, 3.63) is 60.3 Å². The molecule has 0 aliphatic rings. The van der Waals surface area contributed by atoms with Gasteiger partial charge in [-0.15, -0.1) is 0 Å². The third-order valence-corrected chi connectivity index (χ3v) is 5.62. The van der Waals surface area contributed by atoms with Crippen LogP contribution in [-0.4, -0.2) is 33.6 Å². The summed E-state index contributed by atoms with van der Waals surface area (Å²) in [6.45, 7) is 11.2. The number of aryl methyl sites for hydroxylation is 2. The first-order valence-electron chi connectivity index (χ1n) is 10.1. The van der Waals surface area contributed by atoms with Gasteiger partial charge in [0.2, 0.25) is 5.78 Å². The number of para-hydroxylation sites is 2. The van der Waals surface area contributed by atoms with Gasteiger partial charge in [-0.1, -0.05) is 42.0 Å². The lowest BCUT2D eigenvalue weighted by molar-refractivity contribution is -0.896. The highest BCUT2D eigenvalue weighted by atomic mass is 15.2. The third-order valence-electron chi connectivity index (χ3n) is 5.62. The van der Waals surface area contributed by atoms with Gasteiger partial charge in [-0.3, -0.25) is 4.40 Å². The van der Waals surface area contributed by atoms with Crippen molar-refractivity contribution in [2.24, 2.45) is 0 Å². The van der Waals surface area contributed by atoms with Crippen molar-refractivity contribution < 1.29 is 4.90 Å². The van der Waals surface area contributed by atoms with E-state index in [4.69, 9.17) is 4.98 Å². The number of nitrogens with one attached hydrogen (secondary N) is 1. The lowest BCUT2D eigenvalue weighted by Gasteiger charge is -2.16. The Labute approximate surface area is 161 Å². The average Bonchev–Trinajstić information content (AvgIpc) is 3.22. The largest absolute Gasteiger partial charge is 0.335 e. The molecule has 0 bridgehead atoms. The molecular formula is C23H29N4+. The maximum Gasteiger partial charge on any atom is 0.215 e. The van der Waals surface area contributed by atoms with E-state index in [9.17, 15) is 0 Å². The Balaban J connectivity index is 1.77. The molecule has 0 saturated carbocycles. The van der Waals surface area contributed by atoms with Gasteiger partial charge in [0.15, 0.2) is 0 Å². The fourth-order valence-electron chi connectivity index (χ4n) is 3.92. The lowest BCUT2D eigenvalue weighted by Crippen LogP contribution is -3.11. The fraction of sp³-hybridized carbons (Fsp3) is 0.348. The van der Waals surface area contributed by atoms with Crippen molar-refractivity contribution in [3.63, 3.8) is 0 Å².